The van der Waals surface area contributed by atoms with E-state index in [1.54, 1.807) is 0 Å². The van der Waals surface area contributed by atoms with E-state index >= 15 is 0 Å². The van der Waals surface area contributed by atoms with Crippen molar-refractivity contribution >= 4 is 29.2 Å². The molecule has 4 nitrogen and oxygen atoms in total. The molecule has 66 valence electrons. The number of esters is 1. The third kappa shape index (κ3) is 6.37. The van der Waals surface area contributed by atoms with Gasteiger partial charge in [-0.05, 0) is 0 Å². The molecule has 2 N–H and O–H groups in total. The highest BCUT2D eigenvalue weighted by molar-refractivity contribution is 6.52. The molecule has 0 spiro atoms. The lowest BCUT2D eigenvalue weighted by atomic mass is 10.4. The molecule has 0 amide bonds. The zero-order valence-electron chi connectivity index (χ0n) is 5.54. The largest absolute Gasteiger partial charge is 0.463 e. The molecule has 11 heavy (non-hydrogen) atoms. The normalized spacial score (nSPS) is 10.7. The highest BCUT2D eigenvalue weighted by Crippen LogP contribution is 2.03. The molecule has 0 aromatic carbocycles. The molecule has 6 heteroatoms. The highest BCUT2D eigenvalue weighted by atomic mass is 35.5. The Labute approximate surface area is 73.7 Å². The van der Waals surface area contributed by atoms with Gasteiger partial charge < -0.3 is 14.9 Å². The van der Waals surface area contributed by atoms with Crippen LogP contribution < -0.4 is 0 Å². The second-order valence-corrected chi connectivity index (χ2v) is 2.83. The number of hydrogen-bond acceptors (Lipinski definition) is 4. The van der Waals surface area contributed by atoms with Gasteiger partial charge in [-0.3, -0.25) is 0 Å². The highest BCUT2D eigenvalue weighted by Gasteiger charge is 2.12. The summed E-state index contributed by atoms with van der Waals surface area (Å²) in [6, 6.07) is 0. The molecule has 0 saturated heterocycles. The first-order valence-corrected chi connectivity index (χ1v) is 3.72. The lowest BCUT2D eigenvalue weighted by Crippen LogP contribution is -2.16. The number of hydrogen-bond donors (Lipinski definition) is 2. The molecular weight excluding hydrogens is 195 g/mol. The Hall–Kier alpha value is -0.0300. The molecule has 0 atom stereocenters. The number of rotatable bonds is 4. The second kappa shape index (κ2) is 5.60. The molecule has 0 radical (unpaired) electrons. The Morgan fingerprint density at radius 1 is 1.45 bits per heavy atom. The molecule has 0 aromatic rings. The molecule has 0 heterocycles. The Bertz CT molecular complexity index is 126. The van der Waals surface area contributed by atoms with Crippen molar-refractivity contribution in [2.45, 2.75) is 17.5 Å². The van der Waals surface area contributed by atoms with Crippen LogP contribution in [-0.2, 0) is 9.53 Å². The van der Waals surface area contributed by atoms with Gasteiger partial charge in [0, 0.05) is 6.42 Å². The van der Waals surface area contributed by atoms with E-state index in [0.29, 0.717) is 0 Å². The van der Waals surface area contributed by atoms with Crippen molar-refractivity contribution in [1.29, 1.82) is 0 Å². The summed E-state index contributed by atoms with van der Waals surface area (Å²) >= 11 is 10.2. The van der Waals surface area contributed by atoms with Crippen molar-refractivity contribution in [3.63, 3.8) is 0 Å². The van der Waals surface area contributed by atoms with Gasteiger partial charge in [0.05, 0.1) is 6.61 Å². The van der Waals surface area contributed by atoms with Crippen LogP contribution >= 0.6 is 23.2 Å². The predicted molar refractivity (Wildman–Crippen MR) is 39.3 cm³/mol. The monoisotopic (exact) mass is 202 g/mol. The van der Waals surface area contributed by atoms with Crippen LogP contribution in [0.2, 0.25) is 0 Å². The number of carbonyl (C=O) groups excluding carboxylic acids is 1. The smallest absolute Gasteiger partial charge is 0.339 e. The summed E-state index contributed by atoms with van der Waals surface area (Å²) in [5.41, 5.74) is 0. The Morgan fingerprint density at radius 2 is 2.00 bits per heavy atom. The summed E-state index contributed by atoms with van der Waals surface area (Å²) in [6.45, 7) is -0.105. The fourth-order valence-electron chi connectivity index (χ4n) is 0.328. The van der Waals surface area contributed by atoms with Crippen molar-refractivity contribution in [3.05, 3.63) is 0 Å². The maximum atomic E-state index is 10.5. The lowest BCUT2D eigenvalue weighted by Gasteiger charge is -2.05. The molecule has 0 aliphatic rings. The van der Waals surface area contributed by atoms with Crippen molar-refractivity contribution in [2.75, 3.05) is 6.61 Å². The van der Waals surface area contributed by atoms with Gasteiger partial charge in [-0.15, -0.1) is 0 Å². The zero-order chi connectivity index (χ0) is 8.85. The minimum atomic E-state index is -1.48. The molecule has 0 saturated carbocycles. The van der Waals surface area contributed by atoms with Crippen LogP contribution in [0.5, 0.6) is 0 Å². The quantitative estimate of drug-likeness (QED) is 0.384. The van der Waals surface area contributed by atoms with E-state index < -0.39 is 17.1 Å². The number of aliphatic hydroxyl groups excluding tert-OH is 1. The van der Waals surface area contributed by atoms with Gasteiger partial charge in [0.1, 0.15) is 0 Å². The Morgan fingerprint density at radius 3 is 2.36 bits per heavy atom. The van der Waals surface area contributed by atoms with Crippen LogP contribution in [0, 0.1) is 0 Å². The molecule has 0 bridgehead atoms. The molecule has 0 fully saturated rings. The van der Waals surface area contributed by atoms with Gasteiger partial charge in [-0.25, -0.2) is 4.79 Å². The van der Waals surface area contributed by atoms with Crippen LogP contribution in [0.15, 0.2) is 0 Å². The minimum Gasteiger partial charge on any atom is -0.463 e. The van der Waals surface area contributed by atoms with Crippen molar-refractivity contribution in [2.24, 2.45) is 0 Å². The zero-order valence-corrected chi connectivity index (χ0v) is 7.05. The first-order chi connectivity index (χ1) is 5.04. The Balaban J connectivity index is 3.32. The van der Waals surface area contributed by atoms with Crippen LogP contribution in [0.3, 0.4) is 0 Å². The molecule has 0 aromatic heterocycles. The molecule has 0 unspecified atom stereocenters. The van der Waals surface area contributed by atoms with E-state index in [1.165, 1.54) is 0 Å². The van der Waals surface area contributed by atoms with Gasteiger partial charge in [-0.2, -0.15) is 0 Å². The average Bonchev–Trinajstić information content (AvgIpc) is 1.86. The van der Waals surface area contributed by atoms with E-state index in [1.807, 2.05) is 0 Å². The van der Waals surface area contributed by atoms with Crippen LogP contribution in [0.1, 0.15) is 6.42 Å². The van der Waals surface area contributed by atoms with Crippen LogP contribution in [0.4, 0.5) is 0 Å². The first-order valence-electron chi connectivity index (χ1n) is 2.85. The summed E-state index contributed by atoms with van der Waals surface area (Å²) in [6.07, 6.45) is -1.53. The van der Waals surface area contributed by atoms with E-state index in [4.69, 9.17) is 33.4 Å². The average molecular weight is 203 g/mol. The molecular formula is C5H8Cl2O4. The number of aliphatic hydroxyl groups is 2. The SMILES string of the molecule is O=C(OCCC(O)O)C(Cl)Cl. The number of halogens is 2. The van der Waals surface area contributed by atoms with Gasteiger partial charge >= 0.3 is 5.97 Å². The second-order valence-electron chi connectivity index (χ2n) is 1.74. The first kappa shape index (κ1) is 11.0. The predicted octanol–water partition coefficient (Wildman–Crippen LogP) is 0.0341. The molecule has 0 rings (SSSR count). The van der Waals surface area contributed by atoms with E-state index in [0.717, 1.165) is 0 Å². The standard InChI is InChI=1S/C5H8Cl2O4/c6-4(7)5(10)11-2-1-3(8)9/h3-4,8-9H,1-2H2. The maximum Gasteiger partial charge on any atom is 0.339 e. The fourth-order valence-corrected chi connectivity index (χ4v) is 0.454. The topological polar surface area (TPSA) is 66.8 Å². The van der Waals surface area contributed by atoms with Crippen LogP contribution in [-0.4, -0.2) is 33.9 Å². The Kier molecular flexibility index (Phi) is 5.58. The fraction of sp³-hybridized carbons (Fsp3) is 0.800. The summed E-state index contributed by atoms with van der Waals surface area (Å²) in [4.78, 5) is 9.26. The van der Waals surface area contributed by atoms with E-state index in [-0.39, 0.29) is 13.0 Å². The number of ether oxygens (including phenoxy) is 1. The van der Waals surface area contributed by atoms with Gasteiger partial charge in [0.2, 0.25) is 4.84 Å². The van der Waals surface area contributed by atoms with E-state index in [9.17, 15) is 4.79 Å². The lowest BCUT2D eigenvalue weighted by molar-refractivity contribution is -0.144. The summed E-state index contributed by atoms with van der Waals surface area (Å²) in [5, 5.41) is 16.6. The minimum absolute atomic E-state index is 0.0494. The summed E-state index contributed by atoms with van der Waals surface area (Å²) in [7, 11) is 0. The van der Waals surface area contributed by atoms with E-state index in [2.05, 4.69) is 4.74 Å². The van der Waals surface area contributed by atoms with Crippen molar-refractivity contribution < 1.29 is 19.7 Å². The van der Waals surface area contributed by atoms with Gasteiger partial charge in [0.15, 0.2) is 6.29 Å². The molecule has 0 aliphatic carbocycles. The summed E-state index contributed by atoms with van der Waals surface area (Å²) in [5.74, 6) is -0.783. The molecule has 0 aliphatic heterocycles. The summed E-state index contributed by atoms with van der Waals surface area (Å²) < 4.78 is 4.39. The van der Waals surface area contributed by atoms with Gasteiger partial charge in [0.25, 0.3) is 0 Å². The number of carbonyl (C=O) groups is 1. The maximum absolute atomic E-state index is 10.5. The van der Waals surface area contributed by atoms with Gasteiger partial charge in [-0.1, -0.05) is 23.2 Å². The van der Waals surface area contributed by atoms with Crippen molar-refractivity contribution in [1.82, 2.24) is 0 Å². The van der Waals surface area contributed by atoms with Crippen LogP contribution in [0.25, 0.3) is 0 Å². The third-order valence-corrected chi connectivity index (χ3v) is 1.15. The third-order valence-electron chi connectivity index (χ3n) is 0.799. The van der Waals surface area contributed by atoms with Crippen molar-refractivity contribution in [3.8, 4) is 0 Å². The number of alkyl halides is 2.